The molecule has 2 aliphatic carbocycles. The quantitative estimate of drug-likeness (QED) is 0.390. The summed E-state index contributed by atoms with van der Waals surface area (Å²) in [5.74, 6) is 7.61. The maximum atomic E-state index is 11.2. The molecule has 3 atom stereocenters. The van der Waals surface area contributed by atoms with Crippen molar-refractivity contribution in [1.29, 1.82) is 0 Å². The van der Waals surface area contributed by atoms with Crippen molar-refractivity contribution in [2.24, 2.45) is 5.92 Å². The Bertz CT molecular complexity index is 1220. The van der Waals surface area contributed by atoms with Crippen molar-refractivity contribution in [3.8, 4) is 23.5 Å². The van der Waals surface area contributed by atoms with Gasteiger partial charge >= 0.3 is 0 Å². The Kier molecular flexibility index (Phi) is 5.86. The van der Waals surface area contributed by atoms with E-state index in [1.807, 2.05) is 13.0 Å². The van der Waals surface area contributed by atoms with Crippen molar-refractivity contribution in [2.75, 3.05) is 0 Å². The minimum Gasteiger partial charge on any atom is -0.439 e. The predicted molar refractivity (Wildman–Crippen MR) is 129 cm³/mol. The zero-order chi connectivity index (χ0) is 22.9. The third-order valence-electron chi connectivity index (χ3n) is 7.27. The summed E-state index contributed by atoms with van der Waals surface area (Å²) < 4.78 is 5.98. The summed E-state index contributed by atoms with van der Waals surface area (Å²) in [7, 11) is 0. The van der Waals surface area contributed by atoms with E-state index in [-0.39, 0.29) is 10.7 Å². The van der Waals surface area contributed by atoms with Crippen LogP contribution in [0.1, 0.15) is 49.3 Å². The highest BCUT2D eigenvalue weighted by molar-refractivity contribution is 6.28. The summed E-state index contributed by atoms with van der Waals surface area (Å²) in [4.78, 5) is 8.06. The van der Waals surface area contributed by atoms with Gasteiger partial charge in [-0.05, 0) is 91.8 Å². The molecule has 0 saturated heterocycles. The molecule has 1 fully saturated rings. The average Bonchev–Trinajstić information content (AvgIpc) is 2.80. The van der Waals surface area contributed by atoms with Gasteiger partial charge in [-0.15, -0.1) is 5.92 Å². The SMILES string of the molecule is CC#C[C@@]1(O)CC[C@@]2(Cc3ccccc3)c3ccc(Oc4ccnc(Cl)n4)cc3CC[C@@H]2C1. The molecular weight excluding hydrogens is 432 g/mol. The highest BCUT2D eigenvalue weighted by Gasteiger charge is 2.51. The number of rotatable bonds is 4. The Morgan fingerprint density at radius 2 is 2.00 bits per heavy atom. The lowest BCUT2D eigenvalue weighted by atomic mass is 9.52. The normalized spacial score (nSPS) is 25.8. The molecule has 5 heteroatoms. The number of aromatic nitrogens is 2. The Morgan fingerprint density at radius 3 is 2.79 bits per heavy atom. The first-order valence-corrected chi connectivity index (χ1v) is 11.9. The molecule has 4 nitrogen and oxygen atoms in total. The Balaban J connectivity index is 1.52. The monoisotopic (exact) mass is 458 g/mol. The minimum atomic E-state index is -0.882. The van der Waals surface area contributed by atoms with E-state index in [1.165, 1.54) is 16.7 Å². The predicted octanol–water partition coefficient (Wildman–Crippen LogP) is 5.90. The van der Waals surface area contributed by atoms with E-state index in [4.69, 9.17) is 16.3 Å². The van der Waals surface area contributed by atoms with Crippen molar-refractivity contribution in [2.45, 2.75) is 56.5 Å². The highest BCUT2D eigenvalue weighted by atomic mass is 35.5. The van der Waals surface area contributed by atoms with E-state index in [0.29, 0.717) is 18.2 Å². The number of ether oxygens (including phenoxy) is 1. The van der Waals surface area contributed by atoms with Crippen LogP contribution in [0.4, 0.5) is 0 Å². The van der Waals surface area contributed by atoms with Crippen molar-refractivity contribution in [3.63, 3.8) is 0 Å². The van der Waals surface area contributed by atoms with Crippen LogP contribution in [0.25, 0.3) is 0 Å². The third-order valence-corrected chi connectivity index (χ3v) is 7.45. The van der Waals surface area contributed by atoms with Gasteiger partial charge in [0, 0.05) is 17.7 Å². The first-order valence-electron chi connectivity index (χ1n) is 11.5. The van der Waals surface area contributed by atoms with Gasteiger partial charge in [0.05, 0.1) is 0 Å². The Hall–Kier alpha value is -2.87. The maximum Gasteiger partial charge on any atom is 0.225 e. The summed E-state index contributed by atoms with van der Waals surface area (Å²) in [5, 5.41) is 11.3. The van der Waals surface area contributed by atoms with Crippen molar-refractivity contribution in [3.05, 3.63) is 82.8 Å². The van der Waals surface area contributed by atoms with Crippen molar-refractivity contribution in [1.82, 2.24) is 9.97 Å². The highest BCUT2D eigenvalue weighted by Crippen LogP contribution is 2.54. The number of fused-ring (bicyclic) bond motifs is 3. The fourth-order valence-corrected chi connectivity index (χ4v) is 6.00. The number of nitrogens with zero attached hydrogens (tertiary/aromatic N) is 2. The number of aliphatic hydroxyl groups is 1. The van der Waals surface area contributed by atoms with Gasteiger partial charge < -0.3 is 9.84 Å². The number of aryl methyl sites for hydroxylation is 1. The van der Waals surface area contributed by atoms with Crippen LogP contribution in [-0.2, 0) is 18.3 Å². The van der Waals surface area contributed by atoms with E-state index in [0.717, 1.165) is 37.9 Å². The zero-order valence-electron chi connectivity index (χ0n) is 18.7. The minimum absolute atomic E-state index is 0.0205. The molecule has 3 aromatic rings. The molecule has 1 saturated carbocycles. The molecule has 0 spiro atoms. The Labute approximate surface area is 200 Å². The van der Waals surface area contributed by atoms with Gasteiger partial charge in [-0.2, -0.15) is 4.98 Å². The van der Waals surface area contributed by atoms with Crippen molar-refractivity contribution < 1.29 is 9.84 Å². The Morgan fingerprint density at radius 1 is 1.15 bits per heavy atom. The van der Waals surface area contributed by atoms with Crippen LogP contribution >= 0.6 is 11.6 Å². The summed E-state index contributed by atoms with van der Waals surface area (Å²) >= 11 is 5.91. The molecule has 1 aromatic heterocycles. The van der Waals surface area contributed by atoms with Crippen LogP contribution in [0.2, 0.25) is 5.28 Å². The van der Waals surface area contributed by atoms with Gasteiger partial charge in [-0.3, -0.25) is 0 Å². The largest absolute Gasteiger partial charge is 0.439 e. The van der Waals surface area contributed by atoms with Gasteiger partial charge in [0.1, 0.15) is 11.4 Å². The number of benzene rings is 2. The van der Waals surface area contributed by atoms with Gasteiger partial charge in [-0.25, -0.2) is 4.98 Å². The van der Waals surface area contributed by atoms with Gasteiger partial charge in [0.2, 0.25) is 11.2 Å². The molecule has 1 heterocycles. The molecule has 1 N–H and O–H groups in total. The van der Waals surface area contributed by atoms with E-state index >= 15 is 0 Å². The van der Waals surface area contributed by atoms with E-state index in [9.17, 15) is 5.11 Å². The van der Waals surface area contributed by atoms with E-state index < -0.39 is 5.60 Å². The molecule has 0 aliphatic heterocycles. The molecule has 0 radical (unpaired) electrons. The number of halogens is 1. The molecule has 0 amide bonds. The summed E-state index contributed by atoms with van der Waals surface area (Å²) in [5.41, 5.74) is 3.12. The first kappa shape index (κ1) is 21.9. The van der Waals surface area contributed by atoms with Crippen LogP contribution in [-0.4, -0.2) is 20.7 Å². The zero-order valence-corrected chi connectivity index (χ0v) is 19.5. The lowest BCUT2D eigenvalue weighted by Crippen LogP contribution is -2.50. The van der Waals surface area contributed by atoms with Gasteiger partial charge in [-0.1, -0.05) is 42.3 Å². The topological polar surface area (TPSA) is 55.2 Å². The lowest BCUT2D eigenvalue weighted by molar-refractivity contribution is -0.00804. The third kappa shape index (κ3) is 4.36. The molecule has 168 valence electrons. The number of hydrogen-bond donors (Lipinski definition) is 1. The summed E-state index contributed by atoms with van der Waals surface area (Å²) in [6, 6.07) is 18.8. The van der Waals surface area contributed by atoms with Crippen LogP contribution in [0.5, 0.6) is 11.6 Å². The van der Waals surface area contributed by atoms with Crippen LogP contribution < -0.4 is 4.74 Å². The maximum absolute atomic E-state index is 11.2. The second-order valence-electron chi connectivity index (χ2n) is 9.25. The molecular formula is C28H27ClN2O2. The molecule has 0 unspecified atom stereocenters. The average molecular weight is 459 g/mol. The first-order chi connectivity index (χ1) is 16.0. The lowest BCUT2D eigenvalue weighted by Gasteiger charge is -2.52. The smallest absolute Gasteiger partial charge is 0.225 e. The fraction of sp³-hybridized carbons (Fsp3) is 0.357. The van der Waals surface area contributed by atoms with E-state index in [1.54, 1.807) is 12.3 Å². The molecule has 5 rings (SSSR count). The van der Waals surface area contributed by atoms with Gasteiger partial charge in [0.25, 0.3) is 0 Å². The molecule has 2 aliphatic rings. The standard InChI is InChI=1S/C28H27ClN2O2/c1-2-13-27(32)14-15-28(18-20-6-4-3-5-7-20)22(19-27)9-8-21-17-23(10-11-24(21)28)33-25-12-16-30-26(29)31-25/h3-7,10-12,16-17,22,32H,8-9,14-15,18-19H2,1H3/t22-,27-,28+/m1/s1. The fourth-order valence-electron chi connectivity index (χ4n) is 5.86. The second kappa shape index (κ2) is 8.82. The number of hydrogen-bond acceptors (Lipinski definition) is 4. The molecule has 2 aromatic carbocycles. The van der Waals surface area contributed by atoms with E-state index in [2.05, 4.69) is 64.3 Å². The van der Waals surface area contributed by atoms with Crippen LogP contribution in [0.3, 0.4) is 0 Å². The molecule has 33 heavy (non-hydrogen) atoms. The summed E-state index contributed by atoms with van der Waals surface area (Å²) in [6.45, 7) is 1.81. The van der Waals surface area contributed by atoms with Crippen LogP contribution in [0, 0.1) is 17.8 Å². The van der Waals surface area contributed by atoms with Crippen LogP contribution in [0.15, 0.2) is 60.8 Å². The second-order valence-corrected chi connectivity index (χ2v) is 9.59. The summed E-state index contributed by atoms with van der Waals surface area (Å²) in [6.07, 6.45) is 6.84. The van der Waals surface area contributed by atoms with Crippen molar-refractivity contribution >= 4 is 11.6 Å². The molecule has 0 bridgehead atoms. The van der Waals surface area contributed by atoms with Gasteiger partial charge in [0.15, 0.2) is 0 Å².